The van der Waals surface area contributed by atoms with Gasteiger partial charge in [0.15, 0.2) is 0 Å². The fraction of sp³-hybridized carbons (Fsp3) is 0.0833. The van der Waals surface area contributed by atoms with Crippen LogP contribution in [0.15, 0.2) is 78.4 Å². The molecule has 0 spiro atoms. The maximum Gasteiger partial charge on any atom is 0.300 e. The van der Waals surface area contributed by atoms with Crippen LogP contribution in [-0.4, -0.2) is 28.8 Å². The van der Waals surface area contributed by atoms with Crippen LogP contribution >= 0.6 is 0 Å². The lowest BCUT2D eigenvalue weighted by Crippen LogP contribution is -2.29. The van der Waals surface area contributed by atoms with Gasteiger partial charge in [0.05, 0.1) is 23.6 Å². The smallest absolute Gasteiger partial charge is 0.300 e. The number of anilines is 1. The van der Waals surface area contributed by atoms with Crippen molar-refractivity contribution in [3.63, 3.8) is 0 Å². The van der Waals surface area contributed by atoms with E-state index in [1.807, 2.05) is 0 Å². The lowest BCUT2D eigenvalue weighted by Gasteiger charge is -2.25. The van der Waals surface area contributed by atoms with E-state index in [0.29, 0.717) is 17.0 Å². The van der Waals surface area contributed by atoms with Gasteiger partial charge in [0, 0.05) is 23.4 Å². The molecule has 0 radical (unpaired) electrons. The second-order valence-electron chi connectivity index (χ2n) is 7.22. The molecule has 0 saturated carbocycles. The zero-order valence-electron chi connectivity index (χ0n) is 17.3. The maximum absolute atomic E-state index is 13.6. The van der Waals surface area contributed by atoms with Crippen LogP contribution in [0.1, 0.15) is 17.2 Å². The predicted octanol–water partition coefficient (Wildman–Crippen LogP) is 4.37. The molecule has 1 aliphatic rings. The third kappa shape index (κ3) is 3.91. The van der Waals surface area contributed by atoms with Crippen LogP contribution in [0.25, 0.3) is 5.76 Å². The fourth-order valence-corrected chi connectivity index (χ4v) is 3.70. The molecule has 0 aromatic heterocycles. The highest BCUT2D eigenvalue weighted by Gasteiger charge is 2.47. The van der Waals surface area contributed by atoms with Crippen LogP contribution in [-0.2, 0) is 9.59 Å². The standard InChI is InChI=1S/C24H17FN2O6/c1-33-19-12-10-17(11-13-19)26-21(14-2-6-16(25)7-3-14)20(23(29)24(26)30)22(28)15-4-8-18(9-5-15)27(31)32/h2-13,21,28H,1H3/b22-20+/t21-/m0/s1. The first kappa shape index (κ1) is 21.7. The first-order valence-corrected chi connectivity index (χ1v) is 9.77. The van der Waals surface area contributed by atoms with Gasteiger partial charge in [0.1, 0.15) is 17.3 Å². The van der Waals surface area contributed by atoms with E-state index in [0.717, 1.165) is 0 Å². The SMILES string of the molecule is COc1ccc(N2C(=O)C(=O)/C(=C(/O)c3ccc([N+](=O)[O-])cc3)[C@@H]2c2ccc(F)cc2)cc1. The molecule has 1 fully saturated rings. The van der Waals surface area contributed by atoms with Gasteiger partial charge in [-0.25, -0.2) is 4.39 Å². The molecule has 4 rings (SSSR count). The Bertz CT molecular complexity index is 1270. The monoisotopic (exact) mass is 448 g/mol. The van der Waals surface area contributed by atoms with Crippen molar-refractivity contribution in [1.29, 1.82) is 0 Å². The van der Waals surface area contributed by atoms with Gasteiger partial charge in [-0.15, -0.1) is 0 Å². The topological polar surface area (TPSA) is 110 Å². The second kappa shape index (κ2) is 8.54. The number of non-ortho nitro benzene ring substituents is 1. The number of Topliss-reactive ketones (excluding diaryl/α,β-unsaturated/α-hetero) is 1. The van der Waals surface area contributed by atoms with Crippen LogP contribution in [0.5, 0.6) is 5.75 Å². The van der Waals surface area contributed by atoms with Crippen LogP contribution in [0, 0.1) is 15.9 Å². The van der Waals surface area contributed by atoms with Crippen molar-refractivity contribution >= 4 is 28.8 Å². The number of carbonyl (C=O) groups is 2. The van der Waals surface area contributed by atoms with E-state index >= 15 is 0 Å². The molecule has 166 valence electrons. The fourth-order valence-electron chi connectivity index (χ4n) is 3.70. The summed E-state index contributed by atoms with van der Waals surface area (Å²) in [6.07, 6.45) is 0. The molecule has 1 aliphatic heterocycles. The summed E-state index contributed by atoms with van der Waals surface area (Å²) in [5.41, 5.74) is 0.488. The molecule has 8 nitrogen and oxygen atoms in total. The van der Waals surface area contributed by atoms with Crippen molar-refractivity contribution in [2.45, 2.75) is 6.04 Å². The van der Waals surface area contributed by atoms with E-state index in [4.69, 9.17) is 4.74 Å². The number of methoxy groups -OCH3 is 1. The van der Waals surface area contributed by atoms with E-state index in [1.54, 1.807) is 24.3 Å². The van der Waals surface area contributed by atoms with Crippen molar-refractivity contribution in [1.82, 2.24) is 0 Å². The summed E-state index contributed by atoms with van der Waals surface area (Å²) in [4.78, 5) is 37.6. The number of benzene rings is 3. The van der Waals surface area contributed by atoms with Gasteiger partial charge in [-0.3, -0.25) is 24.6 Å². The molecule has 0 bridgehead atoms. The summed E-state index contributed by atoms with van der Waals surface area (Å²) in [6.45, 7) is 0. The second-order valence-corrected chi connectivity index (χ2v) is 7.22. The van der Waals surface area contributed by atoms with E-state index in [2.05, 4.69) is 0 Å². The van der Waals surface area contributed by atoms with Crippen molar-refractivity contribution in [2.24, 2.45) is 0 Å². The number of ketones is 1. The minimum Gasteiger partial charge on any atom is -0.507 e. The maximum atomic E-state index is 13.6. The van der Waals surface area contributed by atoms with E-state index in [9.17, 15) is 29.2 Å². The first-order chi connectivity index (χ1) is 15.8. The molecule has 3 aromatic rings. The lowest BCUT2D eigenvalue weighted by molar-refractivity contribution is -0.384. The lowest BCUT2D eigenvalue weighted by atomic mass is 9.95. The predicted molar refractivity (Wildman–Crippen MR) is 117 cm³/mol. The summed E-state index contributed by atoms with van der Waals surface area (Å²) in [6, 6.07) is 15.5. The number of amides is 1. The van der Waals surface area contributed by atoms with Crippen LogP contribution in [0.3, 0.4) is 0 Å². The summed E-state index contributed by atoms with van der Waals surface area (Å²) >= 11 is 0. The Morgan fingerprint density at radius 2 is 1.61 bits per heavy atom. The van der Waals surface area contributed by atoms with Gasteiger partial charge in [-0.2, -0.15) is 0 Å². The highest BCUT2D eigenvalue weighted by molar-refractivity contribution is 6.51. The number of rotatable bonds is 5. The molecule has 1 amide bonds. The number of halogens is 1. The number of nitro groups is 1. The molecule has 1 N–H and O–H groups in total. The summed E-state index contributed by atoms with van der Waals surface area (Å²) in [7, 11) is 1.49. The Balaban J connectivity index is 1.89. The molecule has 3 aromatic carbocycles. The Hall–Kier alpha value is -4.53. The van der Waals surface area contributed by atoms with E-state index in [-0.39, 0.29) is 16.8 Å². The number of hydrogen-bond donors (Lipinski definition) is 1. The number of nitro benzene ring substituents is 1. The van der Waals surface area contributed by atoms with Gasteiger partial charge in [-0.1, -0.05) is 12.1 Å². The van der Waals surface area contributed by atoms with Crippen molar-refractivity contribution in [3.05, 3.63) is 105 Å². The van der Waals surface area contributed by atoms with Crippen LogP contribution in [0.4, 0.5) is 15.8 Å². The Kier molecular flexibility index (Phi) is 5.61. The molecular formula is C24H17FN2O6. The third-order valence-electron chi connectivity index (χ3n) is 5.33. The quantitative estimate of drug-likeness (QED) is 0.204. The molecular weight excluding hydrogens is 431 g/mol. The Morgan fingerprint density at radius 3 is 2.15 bits per heavy atom. The average molecular weight is 448 g/mol. The molecule has 0 aliphatic carbocycles. The first-order valence-electron chi connectivity index (χ1n) is 9.77. The third-order valence-corrected chi connectivity index (χ3v) is 5.33. The summed E-state index contributed by atoms with van der Waals surface area (Å²) in [5, 5.41) is 21.9. The number of ether oxygens (including phenoxy) is 1. The van der Waals surface area contributed by atoms with Gasteiger partial charge < -0.3 is 9.84 Å². The van der Waals surface area contributed by atoms with Crippen molar-refractivity contribution in [3.8, 4) is 5.75 Å². The van der Waals surface area contributed by atoms with Gasteiger partial charge in [-0.05, 0) is 54.1 Å². The van der Waals surface area contributed by atoms with Crippen LogP contribution < -0.4 is 9.64 Å². The number of aliphatic hydroxyl groups excluding tert-OH is 1. The van der Waals surface area contributed by atoms with Gasteiger partial charge in [0.25, 0.3) is 17.4 Å². The summed E-state index contributed by atoms with van der Waals surface area (Å²) < 4.78 is 18.7. The average Bonchev–Trinajstić information content (AvgIpc) is 3.09. The zero-order chi connectivity index (χ0) is 23.7. The highest BCUT2D eigenvalue weighted by atomic mass is 19.1. The van der Waals surface area contributed by atoms with Gasteiger partial charge in [0.2, 0.25) is 0 Å². The van der Waals surface area contributed by atoms with Gasteiger partial charge >= 0.3 is 0 Å². The molecule has 1 heterocycles. The summed E-state index contributed by atoms with van der Waals surface area (Å²) in [5.74, 6) is -2.27. The largest absolute Gasteiger partial charge is 0.507 e. The number of carbonyl (C=O) groups excluding carboxylic acids is 2. The minimum atomic E-state index is -1.05. The minimum absolute atomic E-state index is 0.125. The number of nitrogens with zero attached hydrogens (tertiary/aromatic N) is 2. The van der Waals surface area contributed by atoms with E-state index < -0.39 is 34.2 Å². The molecule has 1 saturated heterocycles. The number of aliphatic hydroxyl groups is 1. The zero-order valence-corrected chi connectivity index (χ0v) is 17.3. The number of hydrogen-bond acceptors (Lipinski definition) is 6. The normalized spacial score (nSPS) is 17.3. The van der Waals surface area contributed by atoms with Crippen LogP contribution in [0.2, 0.25) is 0 Å². The molecule has 33 heavy (non-hydrogen) atoms. The molecule has 0 unspecified atom stereocenters. The van der Waals surface area contributed by atoms with Crippen molar-refractivity contribution in [2.75, 3.05) is 12.0 Å². The molecule has 9 heteroatoms. The van der Waals surface area contributed by atoms with E-state index in [1.165, 1.54) is 60.5 Å². The molecule has 1 atom stereocenters. The Morgan fingerprint density at radius 1 is 1.00 bits per heavy atom. The highest BCUT2D eigenvalue weighted by Crippen LogP contribution is 2.42. The van der Waals surface area contributed by atoms with Crippen molar-refractivity contribution < 1.29 is 28.7 Å². The Labute approximate surface area is 187 Å².